The summed E-state index contributed by atoms with van der Waals surface area (Å²) in [5, 5.41) is 2.89. The van der Waals surface area contributed by atoms with E-state index in [9.17, 15) is 4.79 Å². The molecule has 23 heavy (non-hydrogen) atoms. The highest BCUT2D eigenvalue weighted by molar-refractivity contribution is 5.74. The zero-order valence-electron chi connectivity index (χ0n) is 13.7. The minimum atomic E-state index is 0.000708. The van der Waals surface area contributed by atoms with Crippen molar-refractivity contribution >= 4 is 5.91 Å². The van der Waals surface area contributed by atoms with E-state index in [0.29, 0.717) is 6.54 Å². The highest BCUT2D eigenvalue weighted by Gasteiger charge is 2.12. The Morgan fingerprint density at radius 2 is 1.74 bits per heavy atom. The van der Waals surface area contributed by atoms with Gasteiger partial charge in [0.15, 0.2) is 0 Å². The molecule has 0 aliphatic carbocycles. The molecule has 1 heterocycles. The van der Waals surface area contributed by atoms with Gasteiger partial charge in [0.1, 0.15) is 0 Å². The summed E-state index contributed by atoms with van der Waals surface area (Å²) in [5.41, 5.74) is 4.91. The summed E-state index contributed by atoms with van der Waals surface area (Å²) in [7, 11) is 0. The lowest BCUT2D eigenvalue weighted by atomic mass is 9.98. The van der Waals surface area contributed by atoms with Crippen LogP contribution < -0.4 is 5.32 Å². The molecular weight excluding hydrogens is 284 g/mol. The molecule has 1 N–H and O–H groups in total. The Morgan fingerprint density at radius 1 is 1.04 bits per heavy atom. The van der Waals surface area contributed by atoms with Gasteiger partial charge in [-0.25, -0.2) is 0 Å². The maximum absolute atomic E-state index is 11.2. The Kier molecular flexibility index (Phi) is 5.09. The second kappa shape index (κ2) is 7.42. The number of carbonyl (C=O) groups excluding carboxylic acids is 1. The van der Waals surface area contributed by atoms with Crippen molar-refractivity contribution in [1.29, 1.82) is 0 Å². The van der Waals surface area contributed by atoms with Crippen molar-refractivity contribution in [2.75, 3.05) is 13.1 Å². The molecule has 0 radical (unpaired) electrons. The fourth-order valence-electron chi connectivity index (χ4n) is 3.16. The van der Waals surface area contributed by atoms with Crippen molar-refractivity contribution in [1.82, 2.24) is 10.2 Å². The normalized spacial score (nSPS) is 14.8. The van der Waals surface area contributed by atoms with E-state index in [1.54, 1.807) is 6.92 Å². The molecule has 0 unspecified atom stereocenters. The molecule has 2 aromatic carbocycles. The van der Waals surface area contributed by atoms with E-state index in [4.69, 9.17) is 0 Å². The van der Waals surface area contributed by atoms with Crippen molar-refractivity contribution in [2.45, 2.75) is 32.9 Å². The van der Waals surface area contributed by atoms with Crippen LogP contribution in [0, 0.1) is 0 Å². The van der Waals surface area contributed by atoms with Crippen LogP contribution in [0.3, 0.4) is 0 Å². The smallest absolute Gasteiger partial charge is 0.217 e. The number of hydrogen-bond donors (Lipinski definition) is 1. The average molecular weight is 308 g/mol. The Labute approximate surface area is 138 Å². The van der Waals surface area contributed by atoms with Crippen LogP contribution in [0.25, 0.3) is 11.1 Å². The minimum absolute atomic E-state index is 0.000708. The molecule has 1 aliphatic heterocycles. The van der Waals surface area contributed by atoms with E-state index >= 15 is 0 Å². The molecule has 0 saturated carbocycles. The van der Waals surface area contributed by atoms with Crippen molar-refractivity contribution < 1.29 is 4.79 Å². The van der Waals surface area contributed by atoms with Crippen LogP contribution in [0.2, 0.25) is 0 Å². The Hall–Kier alpha value is -2.13. The fraction of sp³-hybridized carbons (Fsp3) is 0.350. The van der Waals surface area contributed by atoms with Gasteiger partial charge in [-0.1, -0.05) is 48.5 Å². The number of hydrogen-bond acceptors (Lipinski definition) is 2. The van der Waals surface area contributed by atoms with Crippen molar-refractivity contribution in [3.8, 4) is 11.1 Å². The lowest BCUT2D eigenvalue weighted by Gasteiger charge is -2.15. The molecule has 1 fully saturated rings. The van der Waals surface area contributed by atoms with Crippen LogP contribution in [-0.2, 0) is 17.9 Å². The number of likely N-dealkylation sites (tertiary alicyclic amines) is 1. The zero-order valence-corrected chi connectivity index (χ0v) is 13.7. The summed E-state index contributed by atoms with van der Waals surface area (Å²) in [6.07, 6.45) is 2.66. The van der Waals surface area contributed by atoms with Crippen molar-refractivity contribution in [2.24, 2.45) is 0 Å². The highest BCUT2D eigenvalue weighted by Crippen LogP contribution is 2.24. The highest BCUT2D eigenvalue weighted by atomic mass is 16.1. The topological polar surface area (TPSA) is 32.3 Å². The Balaban J connectivity index is 1.74. The second-order valence-electron chi connectivity index (χ2n) is 6.25. The van der Waals surface area contributed by atoms with Crippen LogP contribution in [0.5, 0.6) is 0 Å². The number of nitrogens with zero attached hydrogens (tertiary/aromatic N) is 1. The first-order valence-corrected chi connectivity index (χ1v) is 8.36. The molecule has 0 aromatic heterocycles. The van der Waals surface area contributed by atoms with Crippen molar-refractivity contribution in [3.05, 3.63) is 59.7 Å². The molecule has 3 rings (SSSR count). The van der Waals surface area contributed by atoms with Gasteiger partial charge in [0.25, 0.3) is 0 Å². The van der Waals surface area contributed by atoms with E-state index in [-0.39, 0.29) is 5.91 Å². The molecule has 2 aromatic rings. The first kappa shape index (κ1) is 15.8. The molecular formula is C20H24N2O. The van der Waals surface area contributed by atoms with Gasteiger partial charge in [0.05, 0.1) is 0 Å². The molecule has 0 spiro atoms. The van der Waals surface area contributed by atoms with Gasteiger partial charge in [-0.15, -0.1) is 0 Å². The number of rotatable bonds is 5. The van der Waals surface area contributed by atoms with Gasteiger partial charge in [-0.2, -0.15) is 0 Å². The number of amides is 1. The van der Waals surface area contributed by atoms with Crippen LogP contribution >= 0.6 is 0 Å². The number of benzene rings is 2. The van der Waals surface area contributed by atoms with Gasteiger partial charge >= 0.3 is 0 Å². The van der Waals surface area contributed by atoms with E-state index in [0.717, 1.165) is 12.1 Å². The van der Waals surface area contributed by atoms with E-state index < -0.39 is 0 Å². The summed E-state index contributed by atoms with van der Waals surface area (Å²) in [6, 6.07) is 17.1. The minimum Gasteiger partial charge on any atom is -0.352 e. The third-order valence-corrected chi connectivity index (χ3v) is 4.41. The summed E-state index contributed by atoms with van der Waals surface area (Å²) in [4.78, 5) is 13.7. The largest absolute Gasteiger partial charge is 0.352 e. The van der Waals surface area contributed by atoms with Crippen molar-refractivity contribution in [3.63, 3.8) is 0 Å². The maximum Gasteiger partial charge on any atom is 0.217 e. The van der Waals surface area contributed by atoms with Crippen LogP contribution in [-0.4, -0.2) is 23.9 Å². The lowest BCUT2D eigenvalue weighted by molar-refractivity contribution is -0.119. The van der Waals surface area contributed by atoms with Gasteiger partial charge < -0.3 is 5.32 Å². The maximum atomic E-state index is 11.2. The van der Waals surface area contributed by atoms with E-state index in [1.165, 1.54) is 42.6 Å². The first-order valence-electron chi connectivity index (χ1n) is 8.36. The summed E-state index contributed by atoms with van der Waals surface area (Å²) in [6.45, 7) is 5.62. The molecule has 1 amide bonds. The van der Waals surface area contributed by atoms with E-state index in [1.807, 2.05) is 12.1 Å². The fourth-order valence-corrected chi connectivity index (χ4v) is 3.16. The molecule has 3 heteroatoms. The van der Waals surface area contributed by atoms with E-state index in [2.05, 4.69) is 46.6 Å². The van der Waals surface area contributed by atoms with Gasteiger partial charge in [-0.05, 0) is 48.2 Å². The van der Waals surface area contributed by atoms with Crippen LogP contribution in [0.4, 0.5) is 0 Å². The van der Waals surface area contributed by atoms with Gasteiger partial charge in [-0.3, -0.25) is 9.69 Å². The molecule has 3 nitrogen and oxygen atoms in total. The van der Waals surface area contributed by atoms with Gasteiger partial charge in [0, 0.05) is 20.0 Å². The predicted molar refractivity (Wildman–Crippen MR) is 93.9 cm³/mol. The molecule has 0 bridgehead atoms. The number of nitrogens with one attached hydrogen (secondary N) is 1. The standard InChI is InChI=1S/C20H24N2O/c1-16(23)21-14-19-6-2-3-7-20(19)18-10-8-17(9-11-18)15-22-12-4-5-13-22/h2-3,6-11H,4-5,12-15H2,1H3,(H,21,23). The number of carbonyl (C=O) groups is 1. The SMILES string of the molecule is CC(=O)NCc1ccccc1-c1ccc(CN2CCCC2)cc1. The quantitative estimate of drug-likeness (QED) is 0.915. The second-order valence-corrected chi connectivity index (χ2v) is 6.25. The van der Waals surface area contributed by atoms with Crippen LogP contribution in [0.1, 0.15) is 30.9 Å². The zero-order chi connectivity index (χ0) is 16.1. The molecule has 1 saturated heterocycles. The monoisotopic (exact) mass is 308 g/mol. The average Bonchev–Trinajstić information content (AvgIpc) is 3.07. The summed E-state index contributed by atoms with van der Waals surface area (Å²) >= 11 is 0. The third-order valence-electron chi connectivity index (χ3n) is 4.41. The third kappa shape index (κ3) is 4.20. The summed E-state index contributed by atoms with van der Waals surface area (Å²) < 4.78 is 0. The molecule has 0 atom stereocenters. The first-order chi connectivity index (χ1) is 11.2. The molecule has 1 aliphatic rings. The van der Waals surface area contributed by atoms with Crippen LogP contribution in [0.15, 0.2) is 48.5 Å². The predicted octanol–water partition coefficient (Wildman–Crippen LogP) is 3.59. The Morgan fingerprint density at radius 3 is 2.43 bits per heavy atom. The Bertz CT molecular complexity index is 658. The summed E-state index contributed by atoms with van der Waals surface area (Å²) in [5.74, 6) is 0.000708. The lowest BCUT2D eigenvalue weighted by Crippen LogP contribution is -2.19. The van der Waals surface area contributed by atoms with Gasteiger partial charge in [0.2, 0.25) is 5.91 Å². The molecule has 120 valence electrons.